The van der Waals surface area contributed by atoms with Crippen molar-refractivity contribution in [1.29, 1.82) is 0 Å². The smallest absolute Gasteiger partial charge is 0.306 e. The first-order valence-corrected chi connectivity index (χ1v) is 26.2. The number of allylic oxidation sites excluding steroid dienone is 8. The molecule has 11 atom stereocenters. The van der Waals surface area contributed by atoms with Gasteiger partial charge in [-0.05, 0) is 70.6 Å². The zero-order chi connectivity index (χ0) is 48.7. The molecule has 67 heavy (non-hydrogen) atoms. The number of hydrogen-bond acceptors (Lipinski definition) is 14. The summed E-state index contributed by atoms with van der Waals surface area (Å²) < 4.78 is 34.2. The number of aliphatic hydroxyl groups is 7. The van der Waals surface area contributed by atoms with Crippen LogP contribution in [0.15, 0.2) is 48.6 Å². The van der Waals surface area contributed by atoms with Gasteiger partial charge in [-0.25, -0.2) is 0 Å². The molecule has 2 fully saturated rings. The van der Waals surface area contributed by atoms with Crippen molar-refractivity contribution in [2.45, 2.75) is 248 Å². The van der Waals surface area contributed by atoms with Crippen LogP contribution < -0.4 is 0 Å². The first kappa shape index (κ1) is 61.1. The van der Waals surface area contributed by atoms with E-state index in [1.54, 1.807) is 0 Å². The maximum Gasteiger partial charge on any atom is 0.306 e. The van der Waals surface area contributed by atoms with Gasteiger partial charge in [0.2, 0.25) is 0 Å². The van der Waals surface area contributed by atoms with Crippen LogP contribution in [0.2, 0.25) is 0 Å². The summed E-state index contributed by atoms with van der Waals surface area (Å²) in [6.45, 7) is 3.59. The van der Waals surface area contributed by atoms with Crippen LogP contribution in [0.1, 0.15) is 181 Å². The highest BCUT2D eigenvalue weighted by Crippen LogP contribution is 2.26. The Morgan fingerprint density at radius 2 is 0.940 bits per heavy atom. The number of unbranched alkanes of at least 4 members (excludes halogenated alkanes) is 19. The van der Waals surface area contributed by atoms with E-state index >= 15 is 0 Å². The first-order chi connectivity index (χ1) is 32.6. The van der Waals surface area contributed by atoms with E-state index in [1.165, 1.54) is 77.0 Å². The molecule has 0 aliphatic carbocycles. The van der Waals surface area contributed by atoms with E-state index in [0.29, 0.717) is 13.0 Å². The van der Waals surface area contributed by atoms with Gasteiger partial charge in [0.15, 0.2) is 12.6 Å². The molecular weight excluding hydrogens is 861 g/mol. The predicted molar refractivity (Wildman–Crippen MR) is 261 cm³/mol. The lowest BCUT2D eigenvalue weighted by molar-refractivity contribution is -0.332. The lowest BCUT2D eigenvalue weighted by Crippen LogP contribution is -2.61. The van der Waals surface area contributed by atoms with Gasteiger partial charge in [0.25, 0.3) is 0 Å². The molecule has 14 heteroatoms. The molecule has 2 saturated heterocycles. The van der Waals surface area contributed by atoms with E-state index in [2.05, 4.69) is 62.5 Å². The average molecular weight is 955 g/mol. The zero-order valence-corrected chi connectivity index (χ0v) is 41.4. The van der Waals surface area contributed by atoms with Crippen molar-refractivity contribution in [1.82, 2.24) is 0 Å². The third-order valence-electron chi connectivity index (χ3n) is 12.3. The van der Waals surface area contributed by atoms with E-state index in [1.807, 2.05) is 0 Å². The zero-order valence-electron chi connectivity index (χ0n) is 41.4. The molecule has 2 aliphatic heterocycles. The number of rotatable bonds is 41. The van der Waals surface area contributed by atoms with E-state index in [0.717, 1.165) is 77.0 Å². The van der Waals surface area contributed by atoms with E-state index in [9.17, 15) is 40.5 Å². The highest BCUT2D eigenvalue weighted by molar-refractivity contribution is 5.69. The molecule has 0 aromatic heterocycles. The lowest BCUT2D eigenvalue weighted by atomic mass is 9.98. The van der Waals surface area contributed by atoms with Gasteiger partial charge in [-0.2, -0.15) is 0 Å². The van der Waals surface area contributed by atoms with Crippen molar-refractivity contribution in [3.8, 4) is 0 Å². The molecule has 0 radical (unpaired) electrons. The molecule has 2 rings (SSSR count). The highest BCUT2D eigenvalue weighted by Gasteiger charge is 2.47. The second-order valence-electron chi connectivity index (χ2n) is 18.3. The standard InChI is InChI=1S/C53H94O14/c1-3-5-7-9-11-13-15-16-17-18-19-20-21-22-23-24-25-27-29-31-33-35-37-62-39-42(65-45(55)36-34-32-30-28-26-14-12-10-8-6-4-2)40-63-52-51(61)49(59)47(57)44(67-52)41-64-53-50(60)48(58)46(56)43(38-54)66-53/h10,12,15-16,18-19,21-22,42-44,46-54,56-61H,3-9,11,13-14,17,20,23-41H2,1-2H3/b12-10-,16-15-,19-18-,22-21-. The van der Waals surface area contributed by atoms with Gasteiger partial charge in [0, 0.05) is 13.0 Å². The number of esters is 1. The number of carbonyl (C=O) groups excluding carboxylic acids is 1. The summed E-state index contributed by atoms with van der Waals surface area (Å²) in [6, 6.07) is 0. The molecule has 2 heterocycles. The second kappa shape index (κ2) is 40.7. The summed E-state index contributed by atoms with van der Waals surface area (Å²) in [4.78, 5) is 13.0. The second-order valence-corrected chi connectivity index (χ2v) is 18.3. The molecule has 7 N–H and O–H groups in total. The number of carbonyl (C=O) groups is 1. The maximum absolute atomic E-state index is 13.0. The van der Waals surface area contributed by atoms with Crippen LogP contribution in [0.25, 0.3) is 0 Å². The minimum Gasteiger partial charge on any atom is -0.457 e. The van der Waals surface area contributed by atoms with E-state index in [4.69, 9.17) is 28.4 Å². The van der Waals surface area contributed by atoms with Crippen molar-refractivity contribution >= 4 is 5.97 Å². The molecular formula is C53H94O14. The van der Waals surface area contributed by atoms with Gasteiger partial charge < -0.3 is 64.2 Å². The molecule has 390 valence electrons. The highest BCUT2D eigenvalue weighted by atomic mass is 16.7. The third kappa shape index (κ3) is 28.4. The van der Waals surface area contributed by atoms with Gasteiger partial charge in [-0.15, -0.1) is 0 Å². The van der Waals surface area contributed by atoms with Crippen molar-refractivity contribution < 1.29 is 69.0 Å². The summed E-state index contributed by atoms with van der Waals surface area (Å²) in [5.41, 5.74) is 0. The number of hydrogen-bond donors (Lipinski definition) is 7. The van der Waals surface area contributed by atoms with Crippen LogP contribution in [0, 0.1) is 0 Å². The van der Waals surface area contributed by atoms with Crippen LogP contribution >= 0.6 is 0 Å². The van der Waals surface area contributed by atoms with Crippen LogP contribution in [0.3, 0.4) is 0 Å². The molecule has 11 unspecified atom stereocenters. The normalized spacial score (nSPS) is 26.5. The quantitative estimate of drug-likeness (QED) is 0.0176. The van der Waals surface area contributed by atoms with Gasteiger partial charge >= 0.3 is 5.97 Å². The monoisotopic (exact) mass is 955 g/mol. The summed E-state index contributed by atoms with van der Waals surface area (Å²) >= 11 is 0. The molecule has 0 bridgehead atoms. The summed E-state index contributed by atoms with van der Waals surface area (Å²) in [7, 11) is 0. The minimum absolute atomic E-state index is 0.0504. The first-order valence-electron chi connectivity index (χ1n) is 26.2. The predicted octanol–water partition coefficient (Wildman–Crippen LogP) is 7.96. The van der Waals surface area contributed by atoms with Crippen LogP contribution in [-0.4, -0.2) is 142 Å². The Balaban J connectivity index is 1.73. The van der Waals surface area contributed by atoms with E-state index < -0.39 is 86.7 Å². The number of aliphatic hydroxyl groups excluding tert-OH is 7. The largest absolute Gasteiger partial charge is 0.457 e. The van der Waals surface area contributed by atoms with Crippen LogP contribution in [-0.2, 0) is 33.2 Å². The summed E-state index contributed by atoms with van der Waals surface area (Å²) in [5, 5.41) is 72.1. The van der Waals surface area contributed by atoms with Crippen molar-refractivity contribution in [2.24, 2.45) is 0 Å². The van der Waals surface area contributed by atoms with Gasteiger partial charge in [0.1, 0.15) is 54.9 Å². The molecule has 0 saturated carbocycles. The average Bonchev–Trinajstić information content (AvgIpc) is 3.32. The van der Waals surface area contributed by atoms with Crippen molar-refractivity contribution in [2.75, 3.05) is 33.0 Å². The van der Waals surface area contributed by atoms with Crippen LogP contribution in [0.4, 0.5) is 0 Å². The van der Waals surface area contributed by atoms with Gasteiger partial charge in [-0.3, -0.25) is 4.79 Å². The fourth-order valence-corrected chi connectivity index (χ4v) is 7.98. The van der Waals surface area contributed by atoms with Gasteiger partial charge in [0.05, 0.1) is 26.4 Å². The summed E-state index contributed by atoms with van der Waals surface area (Å²) in [5.74, 6) is -0.392. The van der Waals surface area contributed by atoms with Crippen LogP contribution in [0.5, 0.6) is 0 Å². The third-order valence-corrected chi connectivity index (χ3v) is 12.3. The maximum atomic E-state index is 13.0. The number of ether oxygens (including phenoxy) is 6. The Morgan fingerprint density at radius 3 is 1.51 bits per heavy atom. The Hall–Kier alpha value is -2.05. The molecule has 0 aromatic rings. The fraction of sp³-hybridized carbons (Fsp3) is 0.830. The molecule has 14 nitrogen and oxygen atoms in total. The fourth-order valence-electron chi connectivity index (χ4n) is 7.98. The van der Waals surface area contributed by atoms with Crippen molar-refractivity contribution in [3.05, 3.63) is 48.6 Å². The summed E-state index contributed by atoms with van der Waals surface area (Å²) in [6.07, 6.45) is 30.4. The Bertz CT molecular complexity index is 1290. The molecule has 2 aliphatic rings. The van der Waals surface area contributed by atoms with Crippen molar-refractivity contribution in [3.63, 3.8) is 0 Å². The van der Waals surface area contributed by atoms with E-state index in [-0.39, 0.29) is 19.6 Å². The van der Waals surface area contributed by atoms with Gasteiger partial charge in [-0.1, -0.05) is 152 Å². The minimum atomic E-state index is -1.71. The molecule has 0 spiro atoms. The SMILES string of the molecule is CCCC/C=C\CCCCCCCC(=O)OC(COCCCCCCCCC/C=C\C/C=C\C/C=C\CCCCCCC)COC1OC(COC2OC(CO)C(O)C(O)C2O)C(O)C(O)C1O. The lowest BCUT2D eigenvalue weighted by Gasteiger charge is -2.42. The Kier molecular flexibility index (Phi) is 37.1. The molecule has 0 amide bonds. The molecule has 0 aromatic carbocycles. The topological polar surface area (TPSA) is 214 Å². The Labute approximate surface area is 403 Å². The Morgan fingerprint density at radius 1 is 0.493 bits per heavy atom.